The number of benzene rings is 1. The van der Waals surface area contributed by atoms with E-state index in [9.17, 15) is 0 Å². The van der Waals surface area contributed by atoms with Crippen molar-refractivity contribution >= 4 is 0 Å². The first-order valence-electron chi connectivity index (χ1n) is 5.97. The number of hydrogen-bond acceptors (Lipinski definition) is 3. The van der Waals surface area contributed by atoms with Gasteiger partial charge in [0.05, 0.1) is 0 Å². The third-order valence-electron chi connectivity index (χ3n) is 3.35. The number of ether oxygens (including phenoxy) is 2. The third-order valence-corrected chi connectivity index (χ3v) is 3.35. The molecule has 2 aliphatic rings. The summed E-state index contributed by atoms with van der Waals surface area (Å²) in [6.07, 6.45) is 2.20. The van der Waals surface area contributed by atoms with Crippen LogP contribution in [0.4, 0.5) is 0 Å². The van der Waals surface area contributed by atoms with Gasteiger partial charge >= 0.3 is 0 Å². The van der Waals surface area contributed by atoms with Crippen LogP contribution in [-0.4, -0.2) is 19.4 Å². The third kappa shape index (κ3) is 1.76. The predicted molar refractivity (Wildman–Crippen MR) is 61.8 cm³/mol. The van der Waals surface area contributed by atoms with Crippen molar-refractivity contribution in [1.29, 1.82) is 0 Å². The molecule has 1 aromatic carbocycles. The lowest BCUT2D eigenvalue weighted by atomic mass is 9.98. The van der Waals surface area contributed by atoms with Crippen molar-refractivity contribution in [3.05, 3.63) is 23.8 Å². The smallest absolute Gasteiger partial charge is 0.244 e. The van der Waals surface area contributed by atoms with Gasteiger partial charge in [0.25, 0.3) is 0 Å². The zero-order chi connectivity index (χ0) is 11.0. The van der Waals surface area contributed by atoms with E-state index < -0.39 is 0 Å². The van der Waals surface area contributed by atoms with Gasteiger partial charge in [-0.2, -0.15) is 0 Å². The normalized spacial score (nSPS) is 24.7. The summed E-state index contributed by atoms with van der Waals surface area (Å²) in [5, 5.41) is 3.36. The fourth-order valence-electron chi connectivity index (χ4n) is 2.39. The van der Waals surface area contributed by atoms with E-state index in [0.717, 1.165) is 37.4 Å². The maximum Gasteiger partial charge on any atom is 0.244 e. The number of hydrogen-bond donors (Lipinski definition) is 1. The highest BCUT2D eigenvalue weighted by molar-refractivity contribution is 5.44. The Hall–Kier alpha value is -1.22. The maximum absolute atomic E-state index is 5.88. The van der Waals surface area contributed by atoms with Gasteiger partial charge < -0.3 is 14.8 Å². The Morgan fingerprint density at radius 3 is 2.69 bits per heavy atom. The summed E-state index contributed by atoms with van der Waals surface area (Å²) >= 11 is 0. The average Bonchev–Trinajstić information content (AvgIpc) is 2.73. The Morgan fingerprint density at radius 2 is 1.88 bits per heavy atom. The Morgan fingerprint density at radius 1 is 1.12 bits per heavy atom. The van der Waals surface area contributed by atoms with Crippen molar-refractivity contribution < 1.29 is 9.47 Å². The molecular weight excluding hydrogens is 202 g/mol. The molecule has 0 saturated carbocycles. The second-order valence-electron chi connectivity index (χ2n) is 4.64. The zero-order valence-electron chi connectivity index (χ0n) is 9.53. The van der Waals surface area contributed by atoms with Crippen molar-refractivity contribution in [2.45, 2.75) is 26.1 Å². The maximum atomic E-state index is 5.88. The summed E-state index contributed by atoms with van der Waals surface area (Å²) in [4.78, 5) is 0. The van der Waals surface area contributed by atoms with Crippen LogP contribution in [0, 0.1) is 12.8 Å². The molecular formula is C13H17NO2. The number of rotatable bonds is 1. The van der Waals surface area contributed by atoms with Crippen molar-refractivity contribution in [2.75, 3.05) is 13.1 Å². The molecule has 0 aromatic heterocycles. The van der Waals surface area contributed by atoms with Crippen LogP contribution in [0.3, 0.4) is 0 Å². The molecule has 0 radical (unpaired) electrons. The molecule has 16 heavy (non-hydrogen) atoms. The Balaban J connectivity index is 1.74. The molecule has 3 heteroatoms. The number of fused-ring (bicyclic) bond motifs is 1. The van der Waals surface area contributed by atoms with Gasteiger partial charge in [-0.3, -0.25) is 0 Å². The molecule has 1 saturated heterocycles. The lowest BCUT2D eigenvalue weighted by Crippen LogP contribution is -2.37. The van der Waals surface area contributed by atoms with E-state index in [1.807, 2.05) is 6.07 Å². The first-order valence-corrected chi connectivity index (χ1v) is 5.97. The highest BCUT2D eigenvalue weighted by Gasteiger charge is 2.32. The summed E-state index contributed by atoms with van der Waals surface area (Å²) < 4.78 is 11.7. The van der Waals surface area contributed by atoms with Gasteiger partial charge in [0.2, 0.25) is 6.29 Å². The molecule has 3 nitrogen and oxygen atoms in total. The zero-order valence-corrected chi connectivity index (χ0v) is 9.53. The molecule has 1 unspecified atom stereocenters. The van der Waals surface area contributed by atoms with Crippen LogP contribution in [0.15, 0.2) is 18.2 Å². The van der Waals surface area contributed by atoms with E-state index in [4.69, 9.17) is 9.47 Å². The van der Waals surface area contributed by atoms with Crippen molar-refractivity contribution in [3.63, 3.8) is 0 Å². The second-order valence-corrected chi connectivity index (χ2v) is 4.64. The lowest BCUT2D eigenvalue weighted by Gasteiger charge is -2.26. The van der Waals surface area contributed by atoms with Crippen molar-refractivity contribution in [1.82, 2.24) is 5.32 Å². The molecule has 2 aliphatic heterocycles. The minimum atomic E-state index is -0.0705. The molecule has 1 N–H and O–H groups in total. The van der Waals surface area contributed by atoms with Crippen LogP contribution in [0.5, 0.6) is 11.5 Å². The molecule has 0 bridgehead atoms. The molecule has 3 rings (SSSR count). The first kappa shape index (κ1) is 9.97. The van der Waals surface area contributed by atoms with E-state index >= 15 is 0 Å². The van der Waals surface area contributed by atoms with Gasteiger partial charge in [-0.25, -0.2) is 0 Å². The Labute approximate surface area is 95.8 Å². The summed E-state index contributed by atoms with van der Waals surface area (Å²) in [7, 11) is 0. The number of aryl methyl sites for hydroxylation is 1. The fourth-order valence-corrected chi connectivity index (χ4v) is 2.39. The van der Waals surface area contributed by atoms with Crippen molar-refractivity contribution in [2.24, 2.45) is 5.92 Å². The topological polar surface area (TPSA) is 30.5 Å². The highest BCUT2D eigenvalue weighted by Crippen LogP contribution is 2.38. The van der Waals surface area contributed by atoms with Crippen LogP contribution in [-0.2, 0) is 0 Å². The van der Waals surface area contributed by atoms with Crippen LogP contribution in [0.2, 0.25) is 0 Å². The average molecular weight is 219 g/mol. The molecule has 0 aliphatic carbocycles. The Kier molecular flexibility index (Phi) is 2.48. The fraction of sp³-hybridized carbons (Fsp3) is 0.538. The van der Waals surface area contributed by atoms with E-state index in [1.54, 1.807) is 0 Å². The quantitative estimate of drug-likeness (QED) is 0.784. The van der Waals surface area contributed by atoms with E-state index in [0.29, 0.717) is 5.92 Å². The molecule has 86 valence electrons. The molecule has 0 spiro atoms. The van der Waals surface area contributed by atoms with Crippen LogP contribution in [0.1, 0.15) is 18.4 Å². The van der Waals surface area contributed by atoms with E-state index in [1.165, 1.54) is 5.56 Å². The monoisotopic (exact) mass is 219 g/mol. The van der Waals surface area contributed by atoms with Gasteiger partial charge in [0.1, 0.15) is 0 Å². The summed E-state index contributed by atoms with van der Waals surface area (Å²) in [5.74, 6) is 2.33. The van der Waals surface area contributed by atoms with Gasteiger partial charge in [-0.05, 0) is 50.6 Å². The summed E-state index contributed by atoms with van der Waals surface area (Å²) in [5.41, 5.74) is 1.22. The first-order chi connectivity index (χ1) is 7.83. The lowest BCUT2D eigenvalue weighted by molar-refractivity contribution is -0.0149. The molecule has 2 heterocycles. The standard InChI is InChI=1S/C13H17NO2/c1-9-2-3-11-12(8-9)16-13(15-11)10-4-6-14-7-5-10/h2-3,8,10,13-14H,4-7H2,1H3. The number of nitrogens with one attached hydrogen (secondary N) is 1. The van der Waals surface area contributed by atoms with Crippen LogP contribution >= 0.6 is 0 Å². The minimum Gasteiger partial charge on any atom is -0.451 e. The van der Waals surface area contributed by atoms with E-state index in [2.05, 4.69) is 24.4 Å². The van der Waals surface area contributed by atoms with Gasteiger partial charge in [0.15, 0.2) is 11.5 Å². The molecule has 1 atom stereocenters. The summed E-state index contributed by atoms with van der Waals surface area (Å²) in [6.45, 7) is 4.22. The van der Waals surface area contributed by atoms with Gasteiger partial charge in [0, 0.05) is 5.92 Å². The largest absolute Gasteiger partial charge is 0.451 e. The second kappa shape index (κ2) is 3.98. The Bertz CT molecular complexity index is 386. The minimum absolute atomic E-state index is 0.0705. The van der Waals surface area contributed by atoms with Crippen molar-refractivity contribution in [3.8, 4) is 11.5 Å². The highest BCUT2D eigenvalue weighted by atomic mass is 16.7. The number of piperidine rings is 1. The van der Waals surface area contributed by atoms with E-state index in [-0.39, 0.29) is 6.29 Å². The van der Waals surface area contributed by atoms with Crippen LogP contribution in [0.25, 0.3) is 0 Å². The molecule has 1 fully saturated rings. The van der Waals surface area contributed by atoms with Gasteiger partial charge in [-0.15, -0.1) is 0 Å². The summed E-state index contributed by atoms with van der Waals surface area (Å²) in [6, 6.07) is 6.12. The van der Waals surface area contributed by atoms with Gasteiger partial charge in [-0.1, -0.05) is 6.07 Å². The van der Waals surface area contributed by atoms with Crippen LogP contribution < -0.4 is 14.8 Å². The molecule has 0 amide bonds. The predicted octanol–water partition coefficient (Wildman–Crippen LogP) is 2.09. The molecule has 1 aromatic rings. The SMILES string of the molecule is Cc1ccc2c(c1)OC(C1CCNCC1)O2.